The number of Topliss-reactive ketones (excluding diaryl/α,β-unsaturated/α-hetero) is 2. The summed E-state index contributed by atoms with van der Waals surface area (Å²) in [6.07, 6.45) is 0.0367. The van der Waals surface area contributed by atoms with Crippen LogP contribution in [0.4, 0.5) is 0 Å². The van der Waals surface area contributed by atoms with Crippen molar-refractivity contribution in [1.29, 1.82) is 0 Å². The van der Waals surface area contributed by atoms with Crippen molar-refractivity contribution < 1.29 is 9.59 Å². The summed E-state index contributed by atoms with van der Waals surface area (Å²) in [6.45, 7) is 3.72. The molecule has 2 heteroatoms. The molecule has 15 heavy (non-hydrogen) atoms. The molecule has 2 rings (SSSR count). The van der Waals surface area contributed by atoms with Crippen molar-refractivity contribution in [3.05, 3.63) is 41.0 Å². The number of hydrogen-bond acceptors (Lipinski definition) is 2. The predicted octanol–water partition coefficient (Wildman–Crippen LogP) is 2.31. The van der Waals surface area contributed by atoms with Gasteiger partial charge in [0.2, 0.25) is 0 Å². The average Bonchev–Trinajstić information content (AvgIpc) is 2.44. The molecule has 1 aliphatic carbocycles. The molecule has 1 aromatic carbocycles. The molecule has 0 heterocycles. The van der Waals surface area contributed by atoms with E-state index in [2.05, 4.69) is 0 Å². The van der Waals surface area contributed by atoms with Gasteiger partial charge in [0, 0.05) is 11.1 Å². The second-order valence-electron chi connectivity index (χ2n) is 3.89. The Morgan fingerprint density at radius 1 is 0.933 bits per heavy atom. The van der Waals surface area contributed by atoms with Gasteiger partial charge in [-0.2, -0.15) is 0 Å². The number of carbonyl (C=O) groups excluding carboxylic acids is 2. The predicted molar refractivity (Wildman–Crippen MR) is 58.4 cm³/mol. The van der Waals surface area contributed by atoms with E-state index < -0.39 is 0 Å². The maximum Gasteiger partial charge on any atom is 0.171 e. The molecule has 0 saturated heterocycles. The number of ketones is 2. The standard InChI is InChI=1S/C13H12O2/c1-8-3-5-10(6-4-8)13-9(2)11(14)7-12(13)15/h3-6H,7H2,1-2H3. The summed E-state index contributed by atoms with van der Waals surface area (Å²) in [5.41, 5.74) is 3.20. The van der Waals surface area contributed by atoms with Crippen LogP contribution in [0, 0.1) is 6.92 Å². The SMILES string of the molecule is CC1=C(c2ccc(C)cc2)C(=O)CC1=O. The number of hydrogen-bond donors (Lipinski definition) is 0. The Morgan fingerprint density at radius 3 is 2.00 bits per heavy atom. The quantitative estimate of drug-likeness (QED) is 0.652. The number of aryl methyl sites for hydroxylation is 1. The largest absolute Gasteiger partial charge is 0.294 e. The Hall–Kier alpha value is -1.70. The highest BCUT2D eigenvalue weighted by Crippen LogP contribution is 2.28. The van der Waals surface area contributed by atoms with Gasteiger partial charge in [-0.1, -0.05) is 29.8 Å². The average molecular weight is 200 g/mol. The summed E-state index contributed by atoms with van der Waals surface area (Å²) in [5.74, 6) is -0.100. The van der Waals surface area contributed by atoms with Crippen LogP contribution in [-0.4, -0.2) is 11.6 Å². The minimum Gasteiger partial charge on any atom is -0.294 e. The van der Waals surface area contributed by atoms with Crippen molar-refractivity contribution >= 4 is 17.1 Å². The molecule has 2 nitrogen and oxygen atoms in total. The van der Waals surface area contributed by atoms with E-state index in [1.807, 2.05) is 31.2 Å². The zero-order chi connectivity index (χ0) is 11.0. The molecule has 0 radical (unpaired) electrons. The lowest BCUT2D eigenvalue weighted by Gasteiger charge is -2.02. The number of allylic oxidation sites excluding steroid dienone is 2. The van der Waals surface area contributed by atoms with Crippen molar-refractivity contribution in [2.24, 2.45) is 0 Å². The topological polar surface area (TPSA) is 34.1 Å². The number of benzene rings is 1. The van der Waals surface area contributed by atoms with E-state index in [0.29, 0.717) is 11.1 Å². The fraction of sp³-hybridized carbons (Fsp3) is 0.231. The third-order valence-electron chi connectivity index (χ3n) is 2.73. The first-order chi connectivity index (χ1) is 7.09. The summed E-state index contributed by atoms with van der Waals surface area (Å²) >= 11 is 0. The zero-order valence-electron chi connectivity index (χ0n) is 8.83. The van der Waals surface area contributed by atoms with Crippen molar-refractivity contribution in [1.82, 2.24) is 0 Å². The van der Waals surface area contributed by atoms with Crippen LogP contribution in [0.25, 0.3) is 5.57 Å². The third kappa shape index (κ3) is 1.63. The molecule has 0 aromatic heterocycles. The summed E-state index contributed by atoms with van der Waals surface area (Å²) < 4.78 is 0. The van der Waals surface area contributed by atoms with Gasteiger partial charge in [0.05, 0.1) is 6.42 Å². The Morgan fingerprint density at radius 2 is 1.53 bits per heavy atom. The molecular formula is C13H12O2. The number of rotatable bonds is 1. The van der Waals surface area contributed by atoms with Gasteiger partial charge < -0.3 is 0 Å². The second kappa shape index (κ2) is 3.46. The molecule has 0 atom stereocenters. The van der Waals surface area contributed by atoms with Crippen LogP contribution in [0.1, 0.15) is 24.5 Å². The molecule has 0 N–H and O–H groups in total. The van der Waals surface area contributed by atoms with E-state index >= 15 is 0 Å². The minimum atomic E-state index is -0.0543. The van der Waals surface area contributed by atoms with E-state index in [0.717, 1.165) is 11.1 Å². The first kappa shape index (κ1) is 9.84. The fourth-order valence-corrected chi connectivity index (χ4v) is 1.81. The molecule has 0 fully saturated rings. The Kier molecular flexibility index (Phi) is 2.27. The minimum absolute atomic E-state index is 0.0367. The lowest BCUT2D eigenvalue weighted by molar-refractivity contribution is -0.120. The molecule has 0 saturated carbocycles. The van der Waals surface area contributed by atoms with E-state index in [-0.39, 0.29) is 18.0 Å². The van der Waals surface area contributed by atoms with E-state index in [9.17, 15) is 9.59 Å². The zero-order valence-corrected chi connectivity index (χ0v) is 8.83. The molecule has 0 unspecified atom stereocenters. The van der Waals surface area contributed by atoms with Crippen LogP contribution in [-0.2, 0) is 9.59 Å². The van der Waals surface area contributed by atoms with Crippen LogP contribution < -0.4 is 0 Å². The van der Waals surface area contributed by atoms with Gasteiger partial charge >= 0.3 is 0 Å². The highest BCUT2D eigenvalue weighted by Gasteiger charge is 2.28. The Bertz CT molecular complexity index is 464. The van der Waals surface area contributed by atoms with Gasteiger partial charge in [0.1, 0.15) is 0 Å². The molecule has 0 bridgehead atoms. The van der Waals surface area contributed by atoms with Gasteiger partial charge in [0.15, 0.2) is 11.6 Å². The third-order valence-corrected chi connectivity index (χ3v) is 2.73. The molecule has 0 aliphatic heterocycles. The van der Waals surface area contributed by atoms with Crippen LogP contribution in [0.2, 0.25) is 0 Å². The molecule has 0 spiro atoms. The van der Waals surface area contributed by atoms with Crippen molar-refractivity contribution in [2.75, 3.05) is 0 Å². The summed E-state index contributed by atoms with van der Waals surface area (Å²) in [5, 5.41) is 0. The molecule has 76 valence electrons. The van der Waals surface area contributed by atoms with Crippen LogP contribution in [0.5, 0.6) is 0 Å². The maximum absolute atomic E-state index is 11.6. The Labute approximate surface area is 88.6 Å². The first-order valence-corrected chi connectivity index (χ1v) is 4.94. The summed E-state index contributed by atoms with van der Waals surface area (Å²) in [4.78, 5) is 23.0. The van der Waals surface area contributed by atoms with Crippen LogP contribution in [0.3, 0.4) is 0 Å². The van der Waals surface area contributed by atoms with Crippen LogP contribution in [0.15, 0.2) is 29.8 Å². The molecular weight excluding hydrogens is 188 g/mol. The molecule has 1 aliphatic rings. The van der Waals surface area contributed by atoms with Crippen molar-refractivity contribution in [3.63, 3.8) is 0 Å². The highest BCUT2D eigenvalue weighted by atomic mass is 16.2. The lowest BCUT2D eigenvalue weighted by Crippen LogP contribution is -1.96. The van der Waals surface area contributed by atoms with E-state index in [1.165, 1.54) is 0 Å². The highest BCUT2D eigenvalue weighted by molar-refractivity contribution is 6.37. The normalized spacial score (nSPS) is 16.4. The van der Waals surface area contributed by atoms with E-state index in [4.69, 9.17) is 0 Å². The van der Waals surface area contributed by atoms with Gasteiger partial charge in [-0.15, -0.1) is 0 Å². The van der Waals surface area contributed by atoms with Gasteiger partial charge in [0.25, 0.3) is 0 Å². The molecule has 0 amide bonds. The monoisotopic (exact) mass is 200 g/mol. The van der Waals surface area contributed by atoms with Gasteiger partial charge in [-0.3, -0.25) is 9.59 Å². The second-order valence-corrected chi connectivity index (χ2v) is 3.89. The summed E-state index contributed by atoms with van der Waals surface area (Å²) in [7, 11) is 0. The van der Waals surface area contributed by atoms with E-state index in [1.54, 1.807) is 6.92 Å². The first-order valence-electron chi connectivity index (χ1n) is 4.94. The van der Waals surface area contributed by atoms with Crippen molar-refractivity contribution in [2.45, 2.75) is 20.3 Å². The lowest BCUT2D eigenvalue weighted by atomic mass is 10.0. The van der Waals surface area contributed by atoms with Crippen LogP contribution >= 0.6 is 0 Å². The molecule has 1 aromatic rings. The smallest absolute Gasteiger partial charge is 0.171 e. The van der Waals surface area contributed by atoms with Gasteiger partial charge in [-0.25, -0.2) is 0 Å². The Balaban J connectivity index is 2.51. The maximum atomic E-state index is 11.6. The summed E-state index contributed by atoms with van der Waals surface area (Å²) in [6, 6.07) is 7.69. The number of carbonyl (C=O) groups is 2. The fourth-order valence-electron chi connectivity index (χ4n) is 1.81. The van der Waals surface area contributed by atoms with Crippen molar-refractivity contribution in [3.8, 4) is 0 Å². The van der Waals surface area contributed by atoms with Gasteiger partial charge in [-0.05, 0) is 19.4 Å².